The fourth-order valence-corrected chi connectivity index (χ4v) is 6.37. The van der Waals surface area contributed by atoms with Crippen molar-refractivity contribution in [1.82, 2.24) is 5.32 Å². The van der Waals surface area contributed by atoms with Gasteiger partial charge in [-0.2, -0.15) is 0 Å². The lowest BCUT2D eigenvalue weighted by molar-refractivity contribution is -0.100. The Morgan fingerprint density at radius 1 is 0.800 bits per heavy atom. The van der Waals surface area contributed by atoms with Gasteiger partial charge in [-0.25, -0.2) is 0 Å². The van der Waals surface area contributed by atoms with Gasteiger partial charge in [-0.3, -0.25) is 0 Å². The number of nitrogens with one attached hydrogen (secondary N) is 1. The van der Waals surface area contributed by atoms with Crippen LogP contribution in [0, 0.1) is 23.7 Å². The molecule has 5 aliphatic rings. The zero-order valence-electron chi connectivity index (χ0n) is 12.8. The molecule has 2 nitrogen and oxygen atoms in total. The molecule has 114 valence electrons. The lowest BCUT2D eigenvalue weighted by Gasteiger charge is -2.61. The summed E-state index contributed by atoms with van der Waals surface area (Å²) in [5, 5.41) is 14.3. The summed E-state index contributed by atoms with van der Waals surface area (Å²) in [5.74, 6) is 3.53. The van der Waals surface area contributed by atoms with Crippen molar-refractivity contribution in [2.45, 2.75) is 82.2 Å². The summed E-state index contributed by atoms with van der Waals surface area (Å²) in [7, 11) is 0. The average molecular weight is 277 g/mol. The maximum Gasteiger partial charge on any atom is 0.0618 e. The standard InChI is InChI=1S/C18H31NO/c20-12-18(19-17-5-3-1-2-4-6-17)15-8-13-7-14(10-15)11-16(18)9-13/h13-17,19-20H,1-12H2. The van der Waals surface area contributed by atoms with Crippen molar-refractivity contribution in [3.8, 4) is 0 Å². The minimum atomic E-state index is 0.0996. The summed E-state index contributed by atoms with van der Waals surface area (Å²) in [6.07, 6.45) is 15.4. The Morgan fingerprint density at radius 2 is 1.35 bits per heavy atom. The number of rotatable bonds is 3. The smallest absolute Gasteiger partial charge is 0.0618 e. The number of hydrogen-bond acceptors (Lipinski definition) is 2. The third kappa shape index (κ3) is 2.14. The largest absolute Gasteiger partial charge is 0.394 e. The topological polar surface area (TPSA) is 32.3 Å². The van der Waals surface area contributed by atoms with Gasteiger partial charge in [0.15, 0.2) is 0 Å². The van der Waals surface area contributed by atoms with Gasteiger partial charge in [0.05, 0.1) is 6.61 Å². The molecule has 0 amide bonds. The van der Waals surface area contributed by atoms with Crippen LogP contribution in [0.3, 0.4) is 0 Å². The van der Waals surface area contributed by atoms with E-state index in [0.29, 0.717) is 12.6 Å². The number of aliphatic hydroxyl groups is 1. The van der Waals surface area contributed by atoms with Crippen LogP contribution in [0.4, 0.5) is 0 Å². The molecule has 0 spiro atoms. The summed E-state index contributed by atoms with van der Waals surface area (Å²) in [6, 6.07) is 0.683. The van der Waals surface area contributed by atoms with E-state index in [1.165, 1.54) is 70.6 Å². The maximum absolute atomic E-state index is 10.3. The van der Waals surface area contributed by atoms with E-state index in [9.17, 15) is 5.11 Å². The Bertz CT molecular complexity index is 317. The van der Waals surface area contributed by atoms with E-state index in [1.54, 1.807) is 0 Å². The van der Waals surface area contributed by atoms with Gasteiger partial charge in [0.2, 0.25) is 0 Å². The molecule has 0 aliphatic heterocycles. The van der Waals surface area contributed by atoms with Gasteiger partial charge in [-0.15, -0.1) is 0 Å². The predicted molar refractivity (Wildman–Crippen MR) is 81.5 cm³/mol. The molecule has 0 heterocycles. The second kappa shape index (κ2) is 5.28. The Labute approximate surface area is 123 Å². The van der Waals surface area contributed by atoms with Gasteiger partial charge in [0.1, 0.15) is 0 Å². The molecular weight excluding hydrogens is 246 g/mol. The fraction of sp³-hybridized carbons (Fsp3) is 1.00. The lowest BCUT2D eigenvalue weighted by atomic mass is 9.48. The van der Waals surface area contributed by atoms with Crippen molar-refractivity contribution in [1.29, 1.82) is 0 Å². The zero-order chi connectivity index (χ0) is 13.6. The molecule has 0 radical (unpaired) electrons. The highest BCUT2D eigenvalue weighted by Gasteiger charge is 2.57. The second-order valence-corrected chi connectivity index (χ2v) is 8.34. The third-order valence-electron chi connectivity index (χ3n) is 7.18. The van der Waals surface area contributed by atoms with E-state index in [1.807, 2.05) is 0 Å². The van der Waals surface area contributed by atoms with E-state index in [-0.39, 0.29) is 5.54 Å². The molecule has 0 aromatic heterocycles. The van der Waals surface area contributed by atoms with E-state index < -0.39 is 0 Å². The van der Waals surface area contributed by atoms with Crippen LogP contribution >= 0.6 is 0 Å². The van der Waals surface area contributed by atoms with Gasteiger partial charge in [-0.05, 0) is 68.6 Å². The molecule has 5 aliphatic carbocycles. The molecule has 0 atom stereocenters. The van der Waals surface area contributed by atoms with Gasteiger partial charge in [0.25, 0.3) is 0 Å². The molecule has 2 heteroatoms. The predicted octanol–water partition coefficient (Wildman–Crippen LogP) is 3.49. The van der Waals surface area contributed by atoms with Gasteiger partial charge in [0, 0.05) is 11.6 Å². The third-order valence-corrected chi connectivity index (χ3v) is 7.18. The van der Waals surface area contributed by atoms with Crippen LogP contribution in [0.15, 0.2) is 0 Å². The minimum Gasteiger partial charge on any atom is -0.394 e. The highest BCUT2D eigenvalue weighted by atomic mass is 16.3. The van der Waals surface area contributed by atoms with Crippen LogP contribution in [-0.2, 0) is 0 Å². The molecule has 20 heavy (non-hydrogen) atoms. The van der Waals surface area contributed by atoms with Gasteiger partial charge in [-0.1, -0.05) is 25.7 Å². The highest BCUT2D eigenvalue weighted by molar-refractivity contribution is 5.11. The maximum atomic E-state index is 10.3. The minimum absolute atomic E-state index is 0.0996. The van der Waals surface area contributed by atoms with Crippen LogP contribution in [-0.4, -0.2) is 23.3 Å². The normalized spacial score (nSPS) is 48.5. The van der Waals surface area contributed by atoms with Crippen LogP contribution in [0.25, 0.3) is 0 Å². The van der Waals surface area contributed by atoms with Crippen molar-refractivity contribution in [2.24, 2.45) is 23.7 Å². The molecule has 5 saturated carbocycles. The molecule has 0 saturated heterocycles. The van der Waals surface area contributed by atoms with Crippen molar-refractivity contribution in [3.63, 3.8) is 0 Å². The molecule has 2 N–H and O–H groups in total. The molecule has 5 fully saturated rings. The van der Waals surface area contributed by atoms with E-state index >= 15 is 0 Å². The van der Waals surface area contributed by atoms with Crippen molar-refractivity contribution < 1.29 is 5.11 Å². The zero-order valence-corrected chi connectivity index (χ0v) is 12.8. The van der Waals surface area contributed by atoms with Crippen LogP contribution < -0.4 is 5.32 Å². The summed E-state index contributed by atoms with van der Waals surface area (Å²) in [4.78, 5) is 0. The highest BCUT2D eigenvalue weighted by Crippen LogP contribution is 2.58. The molecule has 0 aromatic carbocycles. The lowest BCUT2D eigenvalue weighted by Crippen LogP contribution is -2.68. The first-order chi connectivity index (χ1) is 9.80. The molecule has 4 bridgehead atoms. The SMILES string of the molecule is OCC1(NC2CCCCCC2)C2CC3CC(C2)CC1C3. The average Bonchev–Trinajstić information content (AvgIpc) is 2.71. The Balaban J connectivity index is 1.53. The molecule has 0 aromatic rings. The summed E-state index contributed by atoms with van der Waals surface area (Å²) in [5.41, 5.74) is 0.0996. The summed E-state index contributed by atoms with van der Waals surface area (Å²) >= 11 is 0. The van der Waals surface area contributed by atoms with Gasteiger partial charge >= 0.3 is 0 Å². The summed E-state index contributed by atoms with van der Waals surface area (Å²) in [6.45, 7) is 0.387. The van der Waals surface area contributed by atoms with Crippen LogP contribution in [0.2, 0.25) is 0 Å². The summed E-state index contributed by atoms with van der Waals surface area (Å²) < 4.78 is 0. The molecule has 0 unspecified atom stereocenters. The van der Waals surface area contributed by atoms with E-state index in [2.05, 4.69) is 5.32 Å². The monoisotopic (exact) mass is 277 g/mol. The number of aliphatic hydroxyl groups excluding tert-OH is 1. The Morgan fingerprint density at radius 3 is 1.85 bits per heavy atom. The number of hydrogen-bond donors (Lipinski definition) is 2. The van der Waals surface area contributed by atoms with E-state index in [0.717, 1.165) is 23.7 Å². The fourth-order valence-electron chi connectivity index (χ4n) is 6.37. The van der Waals surface area contributed by atoms with Crippen LogP contribution in [0.1, 0.15) is 70.6 Å². The molecular formula is C18H31NO. The second-order valence-electron chi connectivity index (χ2n) is 8.34. The van der Waals surface area contributed by atoms with Crippen LogP contribution in [0.5, 0.6) is 0 Å². The Hall–Kier alpha value is -0.0800. The first-order valence-electron chi connectivity index (χ1n) is 9.18. The van der Waals surface area contributed by atoms with Crippen molar-refractivity contribution in [2.75, 3.05) is 6.61 Å². The van der Waals surface area contributed by atoms with Gasteiger partial charge < -0.3 is 10.4 Å². The quantitative estimate of drug-likeness (QED) is 0.774. The van der Waals surface area contributed by atoms with Crippen molar-refractivity contribution >= 4 is 0 Å². The van der Waals surface area contributed by atoms with Crippen molar-refractivity contribution in [3.05, 3.63) is 0 Å². The Kier molecular flexibility index (Phi) is 3.58. The first-order valence-corrected chi connectivity index (χ1v) is 9.18. The first kappa shape index (κ1) is 13.6. The van der Waals surface area contributed by atoms with E-state index in [4.69, 9.17) is 0 Å². The molecule has 5 rings (SSSR count).